The molecule has 26 heavy (non-hydrogen) atoms. The number of aromatic hydroxyl groups is 1. The summed E-state index contributed by atoms with van der Waals surface area (Å²) in [6.45, 7) is 4.78. The standard InChI is InChI=1S/C19H27N3O3S/c1-12(8-15-7-6-13(2)26-15)22-19(20-3)21-11-14-9-16(24-4)18(23)17(10-14)25-5/h6-7,9-10,12,23H,8,11H2,1-5H3,(H2,20,21,22). The van der Waals surface area contributed by atoms with Gasteiger partial charge in [-0.25, -0.2) is 0 Å². The van der Waals surface area contributed by atoms with Crippen LogP contribution in [0.3, 0.4) is 0 Å². The molecule has 1 aromatic carbocycles. The van der Waals surface area contributed by atoms with Gasteiger partial charge in [-0.15, -0.1) is 11.3 Å². The lowest BCUT2D eigenvalue weighted by Crippen LogP contribution is -2.42. The molecule has 1 unspecified atom stereocenters. The van der Waals surface area contributed by atoms with E-state index in [2.05, 4.69) is 41.6 Å². The molecule has 142 valence electrons. The Balaban J connectivity index is 1.96. The summed E-state index contributed by atoms with van der Waals surface area (Å²) in [5.41, 5.74) is 0.918. The van der Waals surface area contributed by atoms with Gasteiger partial charge >= 0.3 is 0 Å². The first-order valence-corrected chi connectivity index (χ1v) is 9.24. The molecule has 0 radical (unpaired) electrons. The highest BCUT2D eigenvalue weighted by Crippen LogP contribution is 2.36. The normalized spacial score (nSPS) is 12.6. The molecular formula is C19H27N3O3S. The number of hydrogen-bond acceptors (Lipinski definition) is 5. The van der Waals surface area contributed by atoms with Crippen LogP contribution >= 0.6 is 11.3 Å². The predicted octanol–water partition coefficient (Wildman–Crippen LogP) is 3.08. The first-order chi connectivity index (χ1) is 12.5. The summed E-state index contributed by atoms with van der Waals surface area (Å²) in [4.78, 5) is 6.96. The molecule has 0 amide bonds. The van der Waals surface area contributed by atoms with Crippen molar-refractivity contribution >= 4 is 17.3 Å². The number of aliphatic imine (C=N–C) groups is 1. The van der Waals surface area contributed by atoms with Crippen LogP contribution in [0.25, 0.3) is 0 Å². The fourth-order valence-electron chi connectivity index (χ4n) is 2.61. The van der Waals surface area contributed by atoms with Gasteiger partial charge in [0.2, 0.25) is 5.75 Å². The molecule has 1 aromatic heterocycles. The van der Waals surface area contributed by atoms with Crippen molar-refractivity contribution in [2.24, 2.45) is 4.99 Å². The van der Waals surface area contributed by atoms with Crippen LogP contribution in [0.15, 0.2) is 29.3 Å². The van der Waals surface area contributed by atoms with Gasteiger partial charge in [-0.3, -0.25) is 4.99 Å². The highest BCUT2D eigenvalue weighted by Gasteiger charge is 2.12. The number of benzene rings is 1. The predicted molar refractivity (Wildman–Crippen MR) is 107 cm³/mol. The van der Waals surface area contributed by atoms with Gasteiger partial charge in [-0.1, -0.05) is 0 Å². The fraction of sp³-hybridized carbons (Fsp3) is 0.421. The van der Waals surface area contributed by atoms with Gasteiger partial charge < -0.3 is 25.2 Å². The average molecular weight is 378 g/mol. The minimum Gasteiger partial charge on any atom is -0.502 e. The van der Waals surface area contributed by atoms with E-state index in [1.807, 2.05) is 11.3 Å². The van der Waals surface area contributed by atoms with E-state index in [0.717, 1.165) is 17.9 Å². The molecule has 0 saturated heterocycles. The van der Waals surface area contributed by atoms with Gasteiger partial charge in [-0.05, 0) is 43.7 Å². The van der Waals surface area contributed by atoms with Gasteiger partial charge in [0.1, 0.15) is 0 Å². The van der Waals surface area contributed by atoms with Gasteiger partial charge in [0.25, 0.3) is 0 Å². The molecule has 2 aromatic rings. The number of nitrogens with one attached hydrogen (secondary N) is 2. The summed E-state index contributed by atoms with van der Waals surface area (Å²) in [6, 6.07) is 8.11. The van der Waals surface area contributed by atoms with Crippen molar-refractivity contribution in [1.82, 2.24) is 10.6 Å². The van der Waals surface area contributed by atoms with Crippen molar-refractivity contribution in [3.05, 3.63) is 39.6 Å². The Morgan fingerprint density at radius 3 is 2.38 bits per heavy atom. The number of phenols is 1. The van der Waals surface area contributed by atoms with E-state index in [4.69, 9.17) is 9.47 Å². The number of methoxy groups -OCH3 is 2. The lowest BCUT2D eigenvalue weighted by atomic mass is 10.2. The smallest absolute Gasteiger partial charge is 0.200 e. The topological polar surface area (TPSA) is 75.1 Å². The largest absolute Gasteiger partial charge is 0.502 e. The lowest BCUT2D eigenvalue weighted by Gasteiger charge is -2.18. The molecule has 0 aliphatic carbocycles. The molecular weight excluding hydrogens is 350 g/mol. The number of aryl methyl sites for hydroxylation is 1. The van der Waals surface area contributed by atoms with Crippen LogP contribution in [0.5, 0.6) is 17.2 Å². The van der Waals surface area contributed by atoms with Gasteiger partial charge in [-0.2, -0.15) is 0 Å². The van der Waals surface area contributed by atoms with E-state index in [-0.39, 0.29) is 11.8 Å². The number of guanidine groups is 1. The third-order valence-corrected chi connectivity index (χ3v) is 4.93. The Morgan fingerprint density at radius 1 is 1.23 bits per heavy atom. The lowest BCUT2D eigenvalue weighted by molar-refractivity contribution is 0.339. The fourth-order valence-corrected chi connectivity index (χ4v) is 3.63. The summed E-state index contributed by atoms with van der Waals surface area (Å²) < 4.78 is 10.4. The van der Waals surface area contributed by atoms with Crippen LogP contribution in [0.4, 0.5) is 0 Å². The summed E-state index contributed by atoms with van der Waals surface area (Å²) in [6.07, 6.45) is 0.945. The molecule has 1 heterocycles. The Bertz CT molecular complexity index is 733. The molecule has 6 nitrogen and oxygen atoms in total. The second kappa shape index (κ2) is 9.33. The zero-order chi connectivity index (χ0) is 19.1. The van der Waals surface area contributed by atoms with Crippen LogP contribution in [0, 0.1) is 6.92 Å². The third-order valence-electron chi connectivity index (χ3n) is 3.91. The minimum absolute atomic E-state index is 0.00104. The SMILES string of the molecule is CN=C(NCc1cc(OC)c(O)c(OC)c1)NC(C)Cc1ccc(C)s1. The third kappa shape index (κ3) is 5.29. The Kier molecular flexibility index (Phi) is 7.15. The molecule has 0 spiro atoms. The monoisotopic (exact) mass is 377 g/mol. The zero-order valence-corrected chi connectivity index (χ0v) is 16.7. The quantitative estimate of drug-likeness (QED) is 0.511. The number of nitrogens with zero attached hydrogens (tertiary/aromatic N) is 1. The maximum absolute atomic E-state index is 9.99. The Morgan fingerprint density at radius 2 is 1.88 bits per heavy atom. The molecule has 7 heteroatoms. The summed E-state index contributed by atoms with van der Waals surface area (Å²) >= 11 is 1.82. The van der Waals surface area contributed by atoms with E-state index >= 15 is 0 Å². The van der Waals surface area contributed by atoms with Crippen molar-refractivity contribution in [2.75, 3.05) is 21.3 Å². The zero-order valence-electron chi connectivity index (χ0n) is 15.9. The number of hydrogen-bond donors (Lipinski definition) is 3. The van der Waals surface area contributed by atoms with E-state index in [9.17, 15) is 5.11 Å². The van der Waals surface area contributed by atoms with Crippen molar-refractivity contribution < 1.29 is 14.6 Å². The number of phenolic OH excluding ortho intramolecular Hbond substituents is 1. The molecule has 0 bridgehead atoms. The van der Waals surface area contributed by atoms with E-state index in [1.54, 1.807) is 19.2 Å². The van der Waals surface area contributed by atoms with Crippen LogP contribution in [-0.2, 0) is 13.0 Å². The highest BCUT2D eigenvalue weighted by atomic mass is 32.1. The van der Waals surface area contributed by atoms with E-state index < -0.39 is 0 Å². The molecule has 2 rings (SSSR count). The maximum Gasteiger partial charge on any atom is 0.200 e. The van der Waals surface area contributed by atoms with Gasteiger partial charge in [0, 0.05) is 35.8 Å². The number of rotatable bonds is 7. The van der Waals surface area contributed by atoms with E-state index in [1.165, 1.54) is 24.0 Å². The number of thiophene rings is 1. The molecule has 0 fully saturated rings. The van der Waals surface area contributed by atoms with Crippen molar-refractivity contribution in [1.29, 1.82) is 0 Å². The number of ether oxygens (including phenoxy) is 2. The van der Waals surface area contributed by atoms with Gasteiger partial charge in [0.15, 0.2) is 17.5 Å². The Labute approximate surface area is 158 Å². The van der Waals surface area contributed by atoms with Crippen molar-refractivity contribution in [3.63, 3.8) is 0 Å². The molecule has 3 N–H and O–H groups in total. The first kappa shape index (κ1) is 19.9. The second-order valence-electron chi connectivity index (χ2n) is 6.04. The second-order valence-corrected chi connectivity index (χ2v) is 7.41. The molecule has 0 saturated carbocycles. The van der Waals surface area contributed by atoms with Crippen LogP contribution < -0.4 is 20.1 Å². The average Bonchev–Trinajstić information content (AvgIpc) is 3.03. The highest BCUT2D eigenvalue weighted by molar-refractivity contribution is 7.11. The first-order valence-electron chi connectivity index (χ1n) is 8.43. The van der Waals surface area contributed by atoms with Gasteiger partial charge in [0.05, 0.1) is 14.2 Å². The van der Waals surface area contributed by atoms with Crippen LogP contribution in [-0.4, -0.2) is 38.4 Å². The summed E-state index contributed by atoms with van der Waals surface area (Å²) in [5.74, 6) is 1.48. The van der Waals surface area contributed by atoms with Crippen molar-refractivity contribution in [2.45, 2.75) is 32.9 Å². The summed E-state index contributed by atoms with van der Waals surface area (Å²) in [7, 11) is 4.77. The van der Waals surface area contributed by atoms with Crippen LogP contribution in [0.2, 0.25) is 0 Å². The molecule has 0 aliphatic rings. The van der Waals surface area contributed by atoms with Crippen molar-refractivity contribution in [3.8, 4) is 17.2 Å². The Hall–Kier alpha value is -2.41. The van der Waals surface area contributed by atoms with E-state index in [0.29, 0.717) is 18.0 Å². The molecule has 0 aliphatic heterocycles. The minimum atomic E-state index is 0.00104. The molecule has 1 atom stereocenters. The van der Waals surface area contributed by atoms with Crippen LogP contribution in [0.1, 0.15) is 22.2 Å². The summed E-state index contributed by atoms with van der Waals surface area (Å²) in [5, 5.41) is 16.7. The maximum atomic E-state index is 9.99.